The Morgan fingerprint density at radius 3 is 2.62 bits per heavy atom. The molecule has 0 aliphatic rings. The minimum absolute atomic E-state index is 0.152. The molecule has 3 N–H and O–H groups in total. The number of rotatable bonds is 3. The van der Waals surface area contributed by atoms with E-state index in [9.17, 15) is 0 Å². The predicted octanol–water partition coefficient (Wildman–Crippen LogP) is 2.56. The van der Waals surface area contributed by atoms with Crippen molar-refractivity contribution in [3.63, 3.8) is 0 Å². The van der Waals surface area contributed by atoms with Crippen LogP contribution in [0.2, 0.25) is 5.02 Å². The third-order valence-corrected chi connectivity index (χ3v) is 2.07. The number of nitrogens with one attached hydrogen (secondary N) is 1. The zero-order valence-electron chi connectivity index (χ0n) is 8.77. The molecule has 1 rings (SSSR count). The Bertz CT molecular complexity index is 423. The van der Waals surface area contributed by atoms with E-state index in [1.807, 2.05) is 43.3 Å². The highest BCUT2D eigenvalue weighted by Crippen LogP contribution is 2.10. The van der Waals surface area contributed by atoms with Crippen LogP contribution in [-0.4, -0.2) is 10.8 Å². The third-order valence-electron chi connectivity index (χ3n) is 1.73. The van der Waals surface area contributed by atoms with E-state index < -0.39 is 0 Å². The number of halogens is 1. The molecule has 0 aliphatic heterocycles. The van der Waals surface area contributed by atoms with Crippen LogP contribution in [0.3, 0.4) is 0 Å². The lowest BCUT2D eigenvalue weighted by atomic mass is 10.2. The zero-order valence-corrected chi connectivity index (χ0v) is 10.3. The minimum Gasteiger partial charge on any atom is -0.375 e. The molecule has 0 heterocycles. The van der Waals surface area contributed by atoms with Crippen LogP contribution in [0.4, 0.5) is 0 Å². The molecule has 3 nitrogen and oxygen atoms in total. The number of thiocarbonyl (C=S) groups is 1. The Morgan fingerprint density at radius 1 is 1.44 bits per heavy atom. The molecule has 0 amide bonds. The molecular formula is C11H12ClN3S. The maximum absolute atomic E-state index is 5.77. The molecule has 0 aromatic heterocycles. The number of nitrogens with zero attached hydrogens (tertiary/aromatic N) is 1. The Kier molecular flexibility index (Phi) is 4.95. The van der Waals surface area contributed by atoms with Crippen molar-refractivity contribution in [3.05, 3.63) is 40.9 Å². The number of nitrogens with two attached hydrogens (primary N) is 1. The molecule has 1 aromatic rings. The summed E-state index contributed by atoms with van der Waals surface area (Å²) in [5, 5.41) is 4.82. The lowest BCUT2D eigenvalue weighted by Gasteiger charge is -1.96. The first kappa shape index (κ1) is 12.7. The van der Waals surface area contributed by atoms with Crippen molar-refractivity contribution >= 4 is 40.7 Å². The van der Waals surface area contributed by atoms with Gasteiger partial charge in [-0.05, 0) is 42.9 Å². The van der Waals surface area contributed by atoms with Crippen LogP contribution in [0, 0.1) is 0 Å². The second-order valence-electron chi connectivity index (χ2n) is 3.11. The zero-order chi connectivity index (χ0) is 12.0. The molecule has 16 heavy (non-hydrogen) atoms. The van der Waals surface area contributed by atoms with Crippen molar-refractivity contribution in [2.45, 2.75) is 6.92 Å². The van der Waals surface area contributed by atoms with E-state index >= 15 is 0 Å². The fraction of sp³-hybridized carbons (Fsp3) is 0.0909. The smallest absolute Gasteiger partial charge is 0.184 e. The molecule has 0 saturated carbocycles. The summed E-state index contributed by atoms with van der Waals surface area (Å²) in [5.41, 5.74) is 9.59. The van der Waals surface area contributed by atoms with Crippen LogP contribution >= 0.6 is 23.8 Å². The highest BCUT2D eigenvalue weighted by atomic mass is 35.5. The highest BCUT2D eigenvalue weighted by Gasteiger charge is 1.89. The molecule has 5 heteroatoms. The van der Waals surface area contributed by atoms with Crippen molar-refractivity contribution in [1.29, 1.82) is 0 Å². The summed E-state index contributed by atoms with van der Waals surface area (Å²) in [6, 6.07) is 7.52. The molecule has 0 spiro atoms. The molecular weight excluding hydrogens is 242 g/mol. The summed E-state index contributed by atoms with van der Waals surface area (Å²) in [7, 11) is 0. The monoisotopic (exact) mass is 253 g/mol. The lowest BCUT2D eigenvalue weighted by molar-refractivity contribution is 1.03. The lowest BCUT2D eigenvalue weighted by Crippen LogP contribution is -2.24. The van der Waals surface area contributed by atoms with Crippen LogP contribution in [0.5, 0.6) is 0 Å². The van der Waals surface area contributed by atoms with E-state index in [1.54, 1.807) is 0 Å². The van der Waals surface area contributed by atoms with Gasteiger partial charge in [0, 0.05) is 5.02 Å². The molecule has 0 aliphatic carbocycles. The Balaban J connectivity index is 2.62. The van der Waals surface area contributed by atoms with Crippen LogP contribution < -0.4 is 11.2 Å². The summed E-state index contributed by atoms with van der Waals surface area (Å²) in [6.07, 6.45) is 3.78. The van der Waals surface area contributed by atoms with E-state index in [0.717, 1.165) is 16.3 Å². The van der Waals surface area contributed by atoms with Gasteiger partial charge < -0.3 is 5.73 Å². The second-order valence-corrected chi connectivity index (χ2v) is 3.99. The first-order valence-electron chi connectivity index (χ1n) is 4.61. The second kappa shape index (κ2) is 6.25. The van der Waals surface area contributed by atoms with Crippen molar-refractivity contribution in [3.8, 4) is 0 Å². The molecule has 0 bridgehead atoms. The highest BCUT2D eigenvalue weighted by molar-refractivity contribution is 7.80. The fourth-order valence-electron chi connectivity index (χ4n) is 0.971. The van der Waals surface area contributed by atoms with Crippen molar-refractivity contribution in [2.24, 2.45) is 10.8 Å². The molecule has 0 unspecified atom stereocenters. The van der Waals surface area contributed by atoms with Crippen LogP contribution in [0.15, 0.2) is 35.4 Å². The SMILES string of the molecule is CC(/C=C/c1ccc(Cl)cc1)=N\NC(N)=S. The van der Waals surface area contributed by atoms with Crippen molar-refractivity contribution in [2.75, 3.05) is 0 Å². The summed E-state index contributed by atoms with van der Waals surface area (Å²) in [5.74, 6) is 0. The van der Waals surface area contributed by atoms with Gasteiger partial charge >= 0.3 is 0 Å². The van der Waals surface area contributed by atoms with Gasteiger partial charge in [-0.25, -0.2) is 0 Å². The standard InChI is InChI=1S/C11H12ClN3S/c1-8(14-15-11(13)16)2-3-9-4-6-10(12)7-5-9/h2-7H,1H3,(H3,13,15,16)/b3-2+,14-8+. The Morgan fingerprint density at radius 2 is 2.06 bits per heavy atom. The quantitative estimate of drug-likeness (QED) is 0.495. The third kappa shape index (κ3) is 4.91. The summed E-state index contributed by atoms with van der Waals surface area (Å²) in [4.78, 5) is 0. The van der Waals surface area contributed by atoms with Crippen molar-refractivity contribution < 1.29 is 0 Å². The van der Waals surface area contributed by atoms with Crippen LogP contribution in [0.1, 0.15) is 12.5 Å². The maximum atomic E-state index is 5.77. The topological polar surface area (TPSA) is 50.4 Å². The number of hydrazone groups is 1. The summed E-state index contributed by atoms with van der Waals surface area (Å²) < 4.78 is 0. The number of allylic oxidation sites excluding steroid dienone is 1. The molecule has 1 aromatic carbocycles. The first-order valence-corrected chi connectivity index (χ1v) is 5.40. The van der Waals surface area contributed by atoms with Crippen LogP contribution in [-0.2, 0) is 0 Å². The largest absolute Gasteiger partial charge is 0.375 e. The number of benzene rings is 1. The van der Waals surface area contributed by atoms with Gasteiger partial charge in [0.1, 0.15) is 0 Å². The molecule has 0 atom stereocenters. The van der Waals surface area contributed by atoms with Gasteiger partial charge in [-0.2, -0.15) is 5.10 Å². The van der Waals surface area contributed by atoms with Gasteiger partial charge in [0.05, 0.1) is 5.71 Å². The maximum Gasteiger partial charge on any atom is 0.184 e. The van der Waals surface area contributed by atoms with Gasteiger partial charge in [-0.1, -0.05) is 29.8 Å². The normalized spacial score (nSPS) is 11.8. The van der Waals surface area contributed by atoms with E-state index in [2.05, 4.69) is 22.7 Å². The van der Waals surface area contributed by atoms with Gasteiger partial charge in [-0.3, -0.25) is 5.43 Å². The van der Waals surface area contributed by atoms with E-state index in [4.69, 9.17) is 17.3 Å². The predicted molar refractivity (Wildman–Crippen MR) is 73.5 cm³/mol. The Labute approximate surface area is 105 Å². The summed E-state index contributed by atoms with van der Waals surface area (Å²) in [6.45, 7) is 1.84. The Hall–Kier alpha value is -1.39. The van der Waals surface area contributed by atoms with Crippen molar-refractivity contribution in [1.82, 2.24) is 5.43 Å². The first-order chi connectivity index (χ1) is 7.58. The number of hydrogen-bond donors (Lipinski definition) is 2. The van der Waals surface area contributed by atoms with Gasteiger partial charge in [0.2, 0.25) is 0 Å². The molecule has 0 radical (unpaired) electrons. The average Bonchev–Trinajstić information content (AvgIpc) is 2.25. The van der Waals surface area contributed by atoms with E-state index in [-0.39, 0.29) is 5.11 Å². The van der Waals surface area contributed by atoms with Gasteiger partial charge in [0.25, 0.3) is 0 Å². The average molecular weight is 254 g/mol. The van der Waals surface area contributed by atoms with Crippen LogP contribution in [0.25, 0.3) is 6.08 Å². The van der Waals surface area contributed by atoms with E-state index in [0.29, 0.717) is 0 Å². The molecule has 0 saturated heterocycles. The van der Waals surface area contributed by atoms with E-state index in [1.165, 1.54) is 0 Å². The molecule has 0 fully saturated rings. The minimum atomic E-state index is 0.152. The summed E-state index contributed by atoms with van der Waals surface area (Å²) >= 11 is 10.4. The number of hydrogen-bond acceptors (Lipinski definition) is 2. The fourth-order valence-corrected chi connectivity index (χ4v) is 1.14. The van der Waals surface area contributed by atoms with Gasteiger partial charge in [0.15, 0.2) is 5.11 Å². The molecule has 84 valence electrons. The van der Waals surface area contributed by atoms with Gasteiger partial charge in [-0.15, -0.1) is 0 Å².